The van der Waals surface area contributed by atoms with Crippen molar-refractivity contribution >= 4 is 43.5 Å². The van der Waals surface area contributed by atoms with Crippen LogP contribution in [0.5, 0.6) is 5.75 Å². The molecule has 5 heteroatoms. The van der Waals surface area contributed by atoms with Gasteiger partial charge in [-0.15, -0.1) is 0 Å². The predicted octanol–water partition coefficient (Wildman–Crippen LogP) is 4.47. The Labute approximate surface area is 128 Å². The van der Waals surface area contributed by atoms with Gasteiger partial charge in [0.15, 0.2) is 0 Å². The molecule has 1 amide bonds. The maximum atomic E-state index is 12.1. The van der Waals surface area contributed by atoms with Crippen molar-refractivity contribution in [2.45, 2.75) is 0 Å². The molecule has 0 saturated carbocycles. The van der Waals surface area contributed by atoms with Gasteiger partial charge in [-0.3, -0.25) is 4.79 Å². The Balaban J connectivity index is 2.21. The Morgan fingerprint density at radius 3 is 2.58 bits per heavy atom. The summed E-state index contributed by atoms with van der Waals surface area (Å²) in [4.78, 5) is 12.1. The summed E-state index contributed by atoms with van der Waals surface area (Å²) >= 11 is 6.72. The number of hydrogen-bond acceptors (Lipinski definition) is 2. The summed E-state index contributed by atoms with van der Waals surface area (Å²) in [6, 6.07) is 12.6. The van der Waals surface area contributed by atoms with Crippen LogP contribution in [-0.2, 0) is 0 Å². The predicted molar refractivity (Wildman–Crippen MR) is 82.8 cm³/mol. The van der Waals surface area contributed by atoms with Crippen LogP contribution in [0.2, 0.25) is 0 Å². The molecule has 0 aliphatic heterocycles. The van der Waals surface area contributed by atoms with Crippen molar-refractivity contribution in [2.24, 2.45) is 0 Å². The minimum absolute atomic E-state index is 0.165. The molecule has 3 nitrogen and oxygen atoms in total. The molecule has 1 N–H and O–H groups in total. The number of carbonyl (C=O) groups excluding carboxylic acids is 1. The van der Waals surface area contributed by atoms with E-state index < -0.39 is 0 Å². The summed E-state index contributed by atoms with van der Waals surface area (Å²) in [5.41, 5.74) is 1.27. The van der Waals surface area contributed by atoms with Gasteiger partial charge in [-0.1, -0.05) is 37.9 Å². The number of nitrogens with one attached hydrogen (secondary N) is 1. The van der Waals surface area contributed by atoms with Crippen molar-refractivity contribution in [3.05, 3.63) is 57.0 Å². The summed E-state index contributed by atoms with van der Waals surface area (Å²) in [6.45, 7) is 0. The van der Waals surface area contributed by atoms with Gasteiger partial charge >= 0.3 is 0 Å². The average molecular weight is 385 g/mol. The molecule has 0 unspecified atom stereocenters. The van der Waals surface area contributed by atoms with Crippen molar-refractivity contribution in [2.75, 3.05) is 12.4 Å². The molecule has 2 aromatic rings. The molecule has 0 heterocycles. The number of rotatable bonds is 3. The molecule has 0 spiro atoms. The van der Waals surface area contributed by atoms with E-state index in [-0.39, 0.29) is 5.91 Å². The summed E-state index contributed by atoms with van der Waals surface area (Å²) in [6.07, 6.45) is 0. The molecule has 98 valence electrons. The molecule has 0 aliphatic carbocycles. The lowest BCUT2D eigenvalue weighted by atomic mass is 10.2. The van der Waals surface area contributed by atoms with Gasteiger partial charge in [0.25, 0.3) is 5.91 Å². The third-order valence-corrected chi connectivity index (χ3v) is 3.40. The molecule has 0 fully saturated rings. The van der Waals surface area contributed by atoms with Crippen LogP contribution < -0.4 is 10.1 Å². The highest BCUT2D eigenvalue weighted by Crippen LogP contribution is 2.25. The van der Waals surface area contributed by atoms with Crippen molar-refractivity contribution in [1.29, 1.82) is 0 Å². The second-order valence-corrected chi connectivity index (χ2v) is 5.68. The van der Waals surface area contributed by atoms with Gasteiger partial charge in [-0.05, 0) is 30.3 Å². The first kappa shape index (κ1) is 14.1. The van der Waals surface area contributed by atoms with Gasteiger partial charge in [0.2, 0.25) is 0 Å². The van der Waals surface area contributed by atoms with Crippen molar-refractivity contribution in [3.8, 4) is 5.75 Å². The highest BCUT2D eigenvalue weighted by Gasteiger charge is 2.07. The zero-order valence-electron chi connectivity index (χ0n) is 10.1. The van der Waals surface area contributed by atoms with Gasteiger partial charge in [-0.2, -0.15) is 0 Å². The van der Waals surface area contributed by atoms with Crippen LogP contribution in [0, 0.1) is 0 Å². The first-order chi connectivity index (χ1) is 9.08. The minimum Gasteiger partial charge on any atom is -0.497 e. The van der Waals surface area contributed by atoms with Gasteiger partial charge in [0.05, 0.1) is 7.11 Å². The number of methoxy groups -OCH3 is 1. The molecule has 19 heavy (non-hydrogen) atoms. The lowest BCUT2D eigenvalue weighted by Crippen LogP contribution is -2.11. The fraction of sp³-hybridized carbons (Fsp3) is 0.0714. The van der Waals surface area contributed by atoms with Crippen molar-refractivity contribution in [3.63, 3.8) is 0 Å². The Hall–Kier alpha value is -1.33. The van der Waals surface area contributed by atoms with E-state index in [9.17, 15) is 4.79 Å². The van der Waals surface area contributed by atoms with E-state index in [1.165, 1.54) is 0 Å². The Morgan fingerprint density at radius 2 is 1.89 bits per heavy atom. The molecule has 0 aromatic heterocycles. The van der Waals surface area contributed by atoms with Crippen LogP contribution in [0.4, 0.5) is 5.69 Å². The Morgan fingerprint density at radius 1 is 1.11 bits per heavy atom. The van der Waals surface area contributed by atoms with Crippen LogP contribution in [0.15, 0.2) is 51.4 Å². The molecule has 0 radical (unpaired) electrons. The normalized spacial score (nSPS) is 10.1. The molecule has 2 aromatic carbocycles. The molecule has 0 atom stereocenters. The largest absolute Gasteiger partial charge is 0.497 e. The number of carbonyl (C=O) groups is 1. The zero-order chi connectivity index (χ0) is 13.8. The lowest BCUT2D eigenvalue weighted by Gasteiger charge is -2.08. The molecular weight excluding hydrogens is 374 g/mol. The monoisotopic (exact) mass is 383 g/mol. The maximum absolute atomic E-state index is 12.1. The molecule has 0 saturated heterocycles. The quantitative estimate of drug-likeness (QED) is 0.847. The van der Waals surface area contributed by atoms with Crippen LogP contribution in [0.25, 0.3) is 0 Å². The topological polar surface area (TPSA) is 38.3 Å². The van der Waals surface area contributed by atoms with E-state index in [2.05, 4.69) is 37.2 Å². The number of hydrogen-bond donors (Lipinski definition) is 1. The Kier molecular flexibility index (Phi) is 4.61. The van der Waals surface area contributed by atoms with E-state index in [4.69, 9.17) is 4.74 Å². The lowest BCUT2D eigenvalue weighted by molar-refractivity contribution is 0.102. The third-order valence-electron chi connectivity index (χ3n) is 2.45. The second-order valence-electron chi connectivity index (χ2n) is 3.84. The van der Waals surface area contributed by atoms with Crippen LogP contribution in [-0.4, -0.2) is 13.0 Å². The maximum Gasteiger partial charge on any atom is 0.255 e. The van der Waals surface area contributed by atoms with Gasteiger partial charge in [0.1, 0.15) is 5.75 Å². The summed E-state index contributed by atoms with van der Waals surface area (Å²) in [5, 5.41) is 2.83. The van der Waals surface area contributed by atoms with E-state index in [0.29, 0.717) is 17.0 Å². The van der Waals surface area contributed by atoms with Crippen molar-refractivity contribution < 1.29 is 9.53 Å². The van der Waals surface area contributed by atoms with E-state index >= 15 is 0 Å². The fourth-order valence-electron chi connectivity index (χ4n) is 1.59. The molecule has 0 aliphatic rings. The summed E-state index contributed by atoms with van der Waals surface area (Å²) in [5.74, 6) is 0.514. The zero-order valence-corrected chi connectivity index (χ0v) is 13.3. The standard InChI is InChI=1S/C14H11Br2NO2/c1-19-13-7-11(16)6-12(8-13)17-14(18)9-3-2-4-10(15)5-9/h2-8H,1H3,(H,17,18). The van der Waals surface area contributed by atoms with Crippen molar-refractivity contribution in [1.82, 2.24) is 0 Å². The molecule has 0 bridgehead atoms. The fourth-order valence-corrected chi connectivity index (χ4v) is 2.46. The van der Waals surface area contributed by atoms with Gasteiger partial charge in [0, 0.05) is 26.3 Å². The number of halogens is 2. The van der Waals surface area contributed by atoms with E-state index in [0.717, 1.165) is 8.95 Å². The highest BCUT2D eigenvalue weighted by atomic mass is 79.9. The van der Waals surface area contributed by atoms with Crippen LogP contribution >= 0.6 is 31.9 Å². The van der Waals surface area contributed by atoms with Crippen LogP contribution in [0.1, 0.15) is 10.4 Å². The van der Waals surface area contributed by atoms with Crippen LogP contribution in [0.3, 0.4) is 0 Å². The number of ether oxygens (including phenoxy) is 1. The highest BCUT2D eigenvalue weighted by molar-refractivity contribution is 9.10. The third kappa shape index (κ3) is 3.81. The minimum atomic E-state index is -0.165. The smallest absolute Gasteiger partial charge is 0.255 e. The SMILES string of the molecule is COc1cc(Br)cc(NC(=O)c2cccc(Br)c2)c1. The molecular formula is C14H11Br2NO2. The number of anilines is 1. The van der Waals surface area contributed by atoms with Gasteiger partial charge < -0.3 is 10.1 Å². The number of benzene rings is 2. The number of amides is 1. The summed E-state index contributed by atoms with van der Waals surface area (Å²) in [7, 11) is 1.59. The van der Waals surface area contributed by atoms with Gasteiger partial charge in [-0.25, -0.2) is 0 Å². The Bertz CT molecular complexity index is 614. The molecule has 2 rings (SSSR count). The summed E-state index contributed by atoms with van der Waals surface area (Å²) < 4.78 is 6.86. The second kappa shape index (κ2) is 6.21. The van der Waals surface area contributed by atoms with E-state index in [1.54, 1.807) is 25.3 Å². The average Bonchev–Trinajstić information content (AvgIpc) is 2.38. The van der Waals surface area contributed by atoms with E-state index in [1.807, 2.05) is 24.3 Å². The first-order valence-corrected chi connectivity index (χ1v) is 7.08. The first-order valence-electron chi connectivity index (χ1n) is 5.50.